The molecule has 0 radical (unpaired) electrons. The molecule has 21 heavy (non-hydrogen) atoms. The summed E-state index contributed by atoms with van der Waals surface area (Å²) in [7, 11) is 0. The average molecular weight is 316 g/mol. The first-order chi connectivity index (χ1) is 9.79. The highest BCUT2D eigenvalue weighted by Gasteiger charge is 2.33. The predicted octanol–water partition coefficient (Wildman–Crippen LogP) is 3.67. The SMILES string of the molecule is NC(=S)c1ccc(C(F)(F)F)nc1Oc1ccccc1F. The molecule has 0 saturated heterocycles. The maximum atomic E-state index is 13.5. The van der Waals surface area contributed by atoms with E-state index in [2.05, 4.69) is 4.98 Å². The first-order valence-electron chi connectivity index (χ1n) is 5.59. The van der Waals surface area contributed by atoms with Gasteiger partial charge in [-0.3, -0.25) is 0 Å². The van der Waals surface area contributed by atoms with Crippen LogP contribution in [0.15, 0.2) is 36.4 Å². The van der Waals surface area contributed by atoms with Gasteiger partial charge in [0.2, 0.25) is 5.88 Å². The van der Waals surface area contributed by atoms with Crippen LogP contribution in [0.2, 0.25) is 0 Å². The molecular weight excluding hydrogens is 308 g/mol. The van der Waals surface area contributed by atoms with Gasteiger partial charge in [-0.05, 0) is 24.3 Å². The molecule has 0 aliphatic rings. The van der Waals surface area contributed by atoms with Gasteiger partial charge < -0.3 is 10.5 Å². The Labute approximate surface area is 122 Å². The average Bonchev–Trinajstić information content (AvgIpc) is 2.40. The number of hydrogen-bond acceptors (Lipinski definition) is 3. The van der Waals surface area contributed by atoms with Crippen LogP contribution in [0.1, 0.15) is 11.3 Å². The number of thiocarbonyl (C=S) groups is 1. The molecule has 0 bridgehead atoms. The second-order valence-electron chi connectivity index (χ2n) is 3.94. The third-order valence-corrected chi connectivity index (χ3v) is 2.68. The van der Waals surface area contributed by atoms with Crippen LogP contribution in [0.25, 0.3) is 0 Å². The highest BCUT2D eigenvalue weighted by molar-refractivity contribution is 7.80. The fraction of sp³-hybridized carbons (Fsp3) is 0.0769. The molecular formula is C13H8F4N2OS. The fourth-order valence-corrected chi connectivity index (χ4v) is 1.65. The zero-order valence-electron chi connectivity index (χ0n) is 10.3. The molecule has 110 valence electrons. The normalized spacial score (nSPS) is 11.2. The Morgan fingerprint density at radius 1 is 1.14 bits per heavy atom. The van der Waals surface area contributed by atoms with Gasteiger partial charge in [-0.2, -0.15) is 13.2 Å². The van der Waals surface area contributed by atoms with E-state index in [1.54, 1.807) is 0 Å². The molecule has 0 saturated carbocycles. The first kappa shape index (κ1) is 15.2. The number of pyridine rings is 1. The number of nitrogens with zero attached hydrogens (tertiary/aromatic N) is 1. The molecule has 1 aromatic heterocycles. The van der Waals surface area contributed by atoms with Gasteiger partial charge in [0.1, 0.15) is 10.7 Å². The van der Waals surface area contributed by atoms with E-state index in [0.717, 1.165) is 18.2 Å². The number of aromatic nitrogens is 1. The first-order valence-corrected chi connectivity index (χ1v) is 6.00. The van der Waals surface area contributed by atoms with Crippen molar-refractivity contribution in [3.8, 4) is 11.6 Å². The van der Waals surface area contributed by atoms with Crippen molar-refractivity contribution >= 4 is 17.2 Å². The summed E-state index contributed by atoms with van der Waals surface area (Å²) in [5.74, 6) is -1.52. The van der Waals surface area contributed by atoms with Crippen LogP contribution in [0.4, 0.5) is 17.6 Å². The van der Waals surface area contributed by atoms with Crippen molar-refractivity contribution in [2.45, 2.75) is 6.18 Å². The van der Waals surface area contributed by atoms with Gasteiger partial charge in [0, 0.05) is 0 Å². The molecule has 0 fully saturated rings. The monoisotopic (exact) mass is 316 g/mol. The summed E-state index contributed by atoms with van der Waals surface area (Å²) >= 11 is 4.72. The fourth-order valence-electron chi connectivity index (χ4n) is 1.50. The number of hydrogen-bond donors (Lipinski definition) is 1. The minimum Gasteiger partial charge on any atom is -0.435 e. The van der Waals surface area contributed by atoms with E-state index in [0.29, 0.717) is 0 Å². The zero-order chi connectivity index (χ0) is 15.6. The maximum Gasteiger partial charge on any atom is 0.433 e. The molecule has 0 amide bonds. The largest absolute Gasteiger partial charge is 0.435 e. The van der Waals surface area contributed by atoms with Crippen LogP contribution in [-0.4, -0.2) is 9.97 Å². The topological polar surface area (TPSA) is 48.1 Å². The van der Waals surface area contributed by atoms with Gasteiger partial charge in [-0.15, -0.1) is 0 Å². The highest BCUT2D eigenvalue weighted by Crippen LogP contribution is 2.32. The molecule has 2 aromatic rings. The molecule has 1 heterocycles. The van der Waals surface area contributed by atoms with Gasteiger partial charge in [-0.25, -0.2) is 9.37 Å². The summed E-state index contributed by atoms with van der Waals surface area (Å²) in [6.07, 6.45) is -4.66. The van der Waals surface area contributed by atoms with Gasteiger partial charge in [0.15, 0.2) is 11.6 Å². The molecule has 0 atom stereocenters. The Hall–Kier alpha value is -2.22. The lowest BCUT2D eigenvalue weighted by Gasteiger charge is -2.12. The minimum atomic E-state index is -4.66. The molecule has 3 nitrogen and oxygen atoms in total. The summed E-state index contributed by atoms with van der Waals surface area (Å²) in [4.78, 5) is 3.11. The van der Waals surface area contributed by atoms with E-state index in [9.17, 15) is 17.6 Å². The Kier molecular flexibility index (Phi) is 4.08. The number of ether oxygens (including phenoxy) is 1. The number of halogens is 4. The van der Waals surface area contributed by atoms with Gasteiger partial charge in [0.05, 0.1) is 5.56 Å². The molecule has 8 heteroatoms. The van der Waals surface area contributed by atoms with Gasteiger partial charge in [0.25, 0.3) is 0 Å². The van der Waals surface area contributed by atoms with Crippen LogP contribution >= 0.6 is 12.2 Å². The van der Waals surface area contributed by atoms with Gasteiger partial charge >= 0.3 is 6.18 Å². The van der Waals surface area contributed by atoms with Crippen molar-refractivity contribution in [2.75, 3.05) is 0 Å². The number of para-hydroxylation sites is 1. The van der Waals surface area contributed by atoms with E-state index in [1.165, 1.54) is 18.2 Å². The Morgan fingerprint density at radius 2 is 1.81 bits per heavy atom. The van der Waals surface area contributed by atoms with Crippen molar-refractivity contribution in [1.82, 2.24) is 4.98 Å². The third-order valence-electron chi connectivity index (χ3n) is 2.46. The van der Waals surface area contributed by atoms with E-state index >= 15 is 0 Å². The summed E-state index contributed by atoms with van der Waals surface area (Å²) in [6, 6.07) is 6.99. The van der Waals surface area contributed by atoms with Crippen LogP contribution < -0.4 is 10.5 Å². The molecule has 0 aliphatic heterocycles. The third kappa shape index (κ3) is 3.46. The molecule has 0 spiro atoms. The summed E-state index contributed by atoms with van der Waals surface area (Å²) < 4.78 is 56.6. The molecule has 0 aliphatic carbocycles. The van der Waals surface area contributed by atoms with Crippen molar-refractivity contribution < 1.29 is 22.3 Å². The number of rotatable bonds is 3. The lowest BCUT2D eigenvalue weighted by atomic mass is 10.2. The van der Waals surface area contributed by atoms with Crippen LogP contribution in [-0.2, 0) is 6.18 Å². The smallest absolute Gasteiger partial charge is 0.433 e. The Balaban J connectivity index is 2.49. The molecule has 2 N–H and O–H groups in total. The maximum absolute atomic E-state index is 13.5. The van der Waals surface area contributed by atoms with Crippen LogP contribution in [0.3, 0.4) is 0 Å². The van der Waals surface area contributed by atoms with Crippen molar-refractivity contribution in [1.29, 1.82) is 0 Å². The van der Waals surface area contributed by atoms with Crippen molar-refractivity contribution in [2.24, 2.45) is 5.73 Å². The Morgan fingerprint density at radius 3 is 2.38 bits per heavy atom. The van der Waals surface area contributed by atoms with Crippen molar-refractivity contribution in [3.63, 3.8) is 0 Å². The second kappa shape index (κ2) is 5.65. The predicted molar refractivity (Wildman–Crippen MR) is 71.6 cm³/mol. The lowest BCUT2D eigenvalue weighted by molar-refractivity contribution is -0.141. The molecule has 2 rings (SSSR count). The Bertz CT molecular complexity index is 688. The van der Waals surface area contributed by atoms with Crippen molar-refractivity contribution in [3.05, 3.63) is 53.5 Å². The molecule has 0 unspecified atom stereocenters. The quantitative estimate of drug-likeness (QED) is 0.693. The lowest BCUT2D eigenvalue weighted by Crippen LogP contribution is -2.15. The minimum absolute atomic E-state index is 0.0127. The standard InChI is InChI=1S/C13H8F4N2OS/c14-8-3-1-2-4-9(8)20-12-7(11(18)21)5-6-10(19-12)13(15,16)17/h1-6H,(H2,18,21). The number of alkyl halides is 3. The van der Waals surface area contributed by atoms with Crippen LogP contribution in [0.5, 0.6) is 11.6 Å². The van der Waals surface area contributed by atoms with E-state index in [-0.39, 0.29) is 16.3 Å². The summed E-state index contributed by atoms with van der Waals surface area (Å²) in [6.45, 7) is 0. The number of nitrogens with two attached hydrogens (primary N) is 1. The molecule has 1 aromatic carbocycles. The van der Waals surface area contributed by atoms with Gasteiger partial charge in [-0.1, -0.05) is 24.4 Å². The van der Waals surface area contributed by atoms with Crippen LogP contribution in [0, 0.1) is 5.82 Å². The number of benzene rings is 1. The zero-order valence-corrected chi connectivity index (χ0v) is 11.1. The van der Waals surface area contributed by atoms with E-state index in [4.69, 9.17) is 22.7 Å². The van der Waals surface area contributed by atoms with E-state index in [1.807, 2.05) is 0 Å². The summed E-state index contributed by atoms with van der Waals surface area (Å²) in [5, 5.41) is 0. The second-order valence-corrected chi connectivity index (χ2v) is 4.38. The summed E-state index contributed by atoms with van der Waals surface area (Å²) in [5.41, 5.74) is 4.20. The highest BCUT2D eigenvalue weighted by atomic mass is 32.1. The van der Waals surface area contributed by atoms with E-state index < -0.39 is 23.6 Å².